The van der Waals surface area contributed by atoms with E-state index in [0.717, 1.165) is 11.3 Å². The lowest BCUT2D eigenvalue weighted by atomic mass is 10.1. The van der Waals surface area contributed by atoms with Gasteiger partial charge in [-0.1, -0.05) is 28.1 Å². The second-order valence-corrected chi connectivity index (χ2v) is 6.28. The number of piperidine rings is 1. The fraction of sp³-hybridized carbons (Fsp3) is 0.500. The fourth-order valence-corrected chi connectivity index (χ4v) is 4.00. The fourth-order valence-electron chi connectivity index (χ4n) is 3.02. The number of hydrogen-bond acceptors (Lipinski definition) is 2. The van der Waals surface area contributed by atoms with Crippen LogP contribution in [0.4, 0.5) is 4.39 Å². The number of likely N-dealkylation sites (tertiary alicyclic amines) is 1. The molecule has 2 aliphatic rings. The standard InChI is InChI=1S/C14H15BrFNO2/c1-19-9-4-2-8(3-5-9)7-17-13-11(15)6-10(12(13)16)14(17)18/h2-5,10-13H,6-7H2,1H3/t10-,11-,12-,13+/m0/s1. The molecule has 0 N–H and O–H groups in total. The zero-order valence-electron chi connectivity index (χ0n) is 10.6. The Kier molecular flexibility index (Phi) is 3.25. The van der Waals surface area contributed by atoms with E-state index < -0.39 is 12.1 Å². The number of benzene rings is 1. The molecule has 1 aliphatic heterocycles. The molecule has 2 bridgehead atoms. The average Bonchev–Trinajstić information content (AvgIpc) is 2.82. The number of halogens is 2. The van der Waals surface area contributed by atoms with Gasteiger partial charge in [-0.25, -0.2) is 4.39 Å². The van der Waals surface area contributed by atoms with Gasteiger partial charge in [-0.15, -0.1) is 0 Å². The summed E-state index contributed by atoms with van der Waals surface area (Å²) in [6.45, 7) is 0.465. The molecule has 0 unspecified atom stereocenters. The van der Waals surface area contributed by atoms with Crippen molar-refractivity contribution in [2.45, 2.75) is 30.0 Å². The molecule has 3 rings (SSSR count). The van der Waals surface area contributed by atoms with E-state index in [1.807, 2.05) is 24.3 Å². The lowest BCUT2D eigenvalue weighted by Crippen LogP contribution is -2.42. The van der Waals surface area contributed by atoms with E-state index >= 15 is 0 Å². The van der Waals surface area contributed by atoms with Crippen molar-refractivity contribution < 1.29 is 13.9 Å². The summed E-state index contributed by atoms with van der Waals surface area (Å²) >= 11 is 3.49. The van der Waals surface area contributed by atoms with Crippen molar-refractivity contribution in [3.63, 3.8) is 0 Å². The van der Waals surface area contributed by atoms with E-state index in [9.17, 15) is 9.18 Å². The molecule has 1 amide bonds. The molecule has 19 heavy (non-hydrogen) atoms. The molecule has 0 spiro atoms. The Morgan fingerprint density at radius 1 is 1.42 bits per heavy atom. The molecule has 0 radical (unpaired) electrons. The summed E-state index contributed by atoms with van der Waals surface area (Å²) < 4.78 is 19.1. The minimum atomic E-state index is -1.03. The van der Waals surface area contributed by atoms with Gasteiger partial charge in [0.05, 0.1) is 19.1 Å². The molecule has 1 aliphatic carbocycles. The first kappa shape index (κ1) is 12.9. The second kappa shape index (κ2) is 4.78. The highest BCUT2D eigenvalue weighted by molar-refractivity contribution is 9.09. The average molecular weight is 328 g/mol. The molecule has 1 heterocycles. The predicted molar refractivity (Wildman–Crippen MR) is 73.1 cm³/mol. The van der Waals surface area contributed by atoms with E-state index in [4.69, 9.17) is 4.74 Å². The van der Waals surface area contributed by atoms with Crippen LogP contribution in [-0.2, 0) is 11.3 Å². The van der Waals surface area contributed by atoms with Gasteiger partial charge in [0.2, 0.25) is 5.91 Å². The van der Waals surface area contributed by atoms with Gasteiger partial charge in [0, 0.05) is 11.4 Å². The van der Waals surface area contributed by atoms with E-state index in [-0.39, 0.29) is 16.8 Å². The maximum Gasteiger partial charge on any atom is 0.229 e. The molecule has 1 aromatic carbocycles. The van der Waals surface area contributed by atoms with Gasteiger partial charge in [0.1, 0.15) is 11.9 Å². The van der Waals surface area contributed by atoms with Crippen molar-refractivity contribution in [2.24, 2.45) is 5.92 Å². The summed E-state index contributed by atoms with van der Waals surface area (Å²) in [5, 5.41) is 0. The Labute approximate surface area is 119 Å². The summed E-state index contributed by atoms with van der Waals surface area (Å²) in [6.07, 6.45) is -0.417. The zero-order chi connectivity index (χ0) is 13.6. The number of nitrogens with zero attached hydrogens (tertiary/aromatic N) is 1. The normalized spacial score (nSPS) is 33.0. The van der Waals surface area contributed by atoms with Gasteiger partial charge >= 0.3 is 0 Å². The lowest BCUT2D eigenvalue weighted by Gasteiger charge is -2.30. The summed E-state index contributed by atoms with van der Waals surface area (Å²) in [4.78, 5) is 13.8. The smallest absolute Gasteiger partial charge is 0.229 e. The van der Waals surface area contributed by atoms with Crippen LogP contribution in [0.5, 0.6) is 5.75 Å². The van der Waals surface area contributed by atoms with Crippen LogP contribution < -0.4 is 4.74 Å². The van der Waals surface area contributed by atoms with Crippen molar-refractivity contribution in [1.82, 2.24) is 4.90 Å². The van der Waals surface area contributed by atoms with E-state index in [0.29, 0.717) is 13.0 Å². The predicted octanol–water partition coefficient (Wildman–Crippen LogP) is 2.53. The first-order valence-electron chi connectivity index (χ1n) is 6.33. The van der Waals surface area contributed by atoms with Crippen molar-refractivity contribution >= 4 is 21.8 Å². The maximum absolute atomic E-state index is 14.0. The van der Waals surface area contributed by atoms with E-state index in [1.54, 1.807) is 12.0 Å². The van der Waals surface area contributed by atoms with Gasteiger partial charge in [0.25, 0.3) is 0 Å². The molecular formula is C14H15BrFNO2. The van der Waals surface area contributed by atoms with Gasteiger partial charge in [-0.2, -0.15) is 0 Å². The Balaban J connectivity index is 1.77. The highest BCUT2D eigenvalue weighted by Gasteiger charge is 2.57. The number of rotatable bonds is 3. The molecule has 1 saturated carbocycles. The number of carbonyl (C=O) groups is 1. The van der Waals surface area contributed by atoms with E-state index in [2.05, 4.69) is 15.9 Å². The number of fused-ring (bicyclic) bond motifs is 2. The minimum absolute atomic E-state index is 0.0518. The molecule has 3 nitrogen and oxygen atoms in total. The summed E-state index contributed by atoms with van der Waals surface area (Å²) in [7, 11) is 1.61. The number of ether oxygens (including phenoxy) is 1. The molecule has 1 saturated heterocycles. The zero-order valence-corrected chi connectivity index (χ0v) is 12.1. The number of carbonyl (C=O) groups excluding carboxylic acids is 1. The Hall–Kier alpha value is -1.10. The summed E-state index contributed by atoms with van der Waals surface area (Å²) in [6, 6.07) is 7.21. The Morgan fingerprint density at radius 2 is 2.11 bits per heavy atom. The van der Waals surface area contributed by atoms with Crippen LogP contribution in [0.25, 0.3) is 0 Å². The summed E-state index contributed by atoms with van der Waals surface area (Å²) in [5.74, 6) is 0.274. The minimum Gasteiger partial charge on any atom is -0.497 e. The van der Waals surface area contributed by atoms with Crippen molar-refractivity contribution in [3.05, 3.63) is 29.8 Å². The van der Waals surface area contributed by atoms with Crippen LogP contribution >= 0.6 is 15.9 Å². The Bertz CT molecular complexity index is 493. The van der Waals surface area contributed by atoms with E-state index in [1.165, 1.54) is 0 Å². The number of hydrogen-bond donors (Lipinski definition) is 0. The number of alkyl halides is 2. The molecule has 102 valence electrons. The maximum atomic E-state index is 14.0. The third kappa shape index (κ3) is 2.04. The number of amides is 1. The van der Waals surface area contributed by atoms with Gasteiger partial charge < -0.3 is 9.64 Å². The molecule has 0 aromatic heterocycles. The van der Waals surface area contributed by atoms with Crippen LogP contribution in [-0.4, -0.2) is 35.0 Å². The van der Waals surface area contributed by atoms with Crippen molar-refractivity contribution in [3.8, 4) is 5.75 Å². The Morgan fingerprint density at radius 3 is 2.68 bits per heavy atom. The highest BCUT2D eigenvalue weighted by Crippen LogP contribution is 2.44. The molecule has 5 heteroatoms. The van der Waals surface area contributed by atoms with Crippen LogP contribution in [0.15, 0.2) is 24.3 Å². The molecule has 2 fully saturated rings. The van der Waals surface area contributed by atoms with Gasteiger partial charge in [-0.3, -0.25) is 4.79 Å². The largest absolute Gasteiger partial charge is 0.497 e. The first-order valence-corrected chi connectivity index (χ1v) is 7.25. The third-order valence-corrected chi connectivity index (χ3v) is 4.95. The third-order valence-electron chi connectivity index (χ3n) is 4.03. The van der Waals surface area contributed by atoms with Crippen LogP contribution in [0, 0.1) is 5.92 Å². The highest BCUT2D eigenvalue weighted by atomic mass is 79.9. The molecule has 4 atom stereocenters. The topological polar surface area (TPSA) is 29.5 Å². The SMILES string of the molecule is COc1ccc(CN2C(=O)[C@H]3C[C@H](Br)[C@@H]2[C@H]3F)cc1. The quantitative estimate of drug-likeness (QED) is 0.798. The first-order chi connectivity index (χ1) is 9.11. The summed E-state index contributed by atoms with van der Waals surface area (Å²) in [5.41, 5.74) is 0.994. The van der Waals surface area contributed by atoms with Crippen LogP contribution in [0.3, 0.4) is 0 Å². The van der Waals surface area contributed by atoms with Gasteiger partial charge in [0.15, 0.2) is 0 Å². The molecule has 1 aromatic rings. The van der Waals surface area contributed by atoms with Crippen molar-refractivity contribution in [1.29, 1.82) is 0 Å². The molecular weight excluding hydrogens is 313 g/mol. The second-order valence-electron chi connectivity index (χ2n) is 5.11. The van der Waals surface area contributed by atoms with Crippen molar-refractivity contribution in [2.75, 3.05) is 7.11 Å². The van der Waals surface area contributed by atoms with Crippen LogP contribution in [0.2, 0.25) is 0 Å². The number of methoxy groups -OCH3 is 1. The van der Waals surface area contributed by atoms with Gasteiger partial charge in [-0.05, 0) is 24.1 Å². The van der Waals surface area contributed by atoms with Crippen LogP contribution in [0.1, 0.15) is 12.0 Å². The lowest BCUT2D eigenvalue weighted by molar-refractivity contribution is -0.134. The monoisotopic (exact) mass is 327 g/mol.